The number of nitrogens with one attached hydrogen (secondary N) is 1. The van der Waals surface area contributed by atoms with E-state index in [-0.39, 0.29) is 12.0 Å². The molecule has 1 nitrogen and oxygen atoms in total. The molecule has 1 N–H and O–H groups in total. The average Bonchev–Trinajstić information content (AvgIpc) is 2.38. The molecule has 3 unspecified atom stereocenters. The quantitative estimate of drug-likeness (QED) is 0.738. The van der Waals surface area contributed by atoms with Gasteiger partial charge >= 0.3 is 6.18 Å². The van der Waals surface area contributed by atoms with Crippen LogP contribution in [0.5, 0.6) is 0 Å². The summed E-state index contributed by atoms with van der Waals surface area (Å²) in [4.78, 5) is 0. The van der Waals surface area contributed by atoms with Gasteiger partial charge in [-0.1, -0.05) is 46.5 Å². The van der Waals surface area contributed by atoms with E-state index in [9.17, 15) is 13.2 Å². The van der Waals surface area contributed by atoms with E-state index in [0.717, 1.165) is 38.6 Å². The lowest BCUT2D eigenvalue weighted by Crippen LogP contribution is -2.49. The fraction of sp³-hybridized carbons (Fsp3) is 1.00. The monoisotopic (exact) mass is 279 g/mol. The highest BCUT2D eigenvalue weighted by Gasteiger charge is 2.48. The third-order valence-electron chi connectivity index (χ3n) is 4.70. The molecule has 1 aliphatic carbocycles. The lowest BCUT2D eigenvalue weighted by molar-refractivity contribution is -0.201. The predicted octanol–water partition coefficient (Wildman–Crippen LogP) is 4.77. The van der Waals surface area contributed by atoms with Crippen molar-refractivity contribution in [3.8, 4) is 0 Å². The molecule has 3 atom stereocenters. The minimum Gasteiger partial charge on any atom is -0.314 e. The molecule has 0 amide bonds. The third kappa shape index (κ3) is 4.37. The average molecular weight is 279 g/mol. The molecule has 0 aromatic heterocycles. The molecular weight excluding hydrogens is 251 g/mol. The van der Waals surface area contributed by atoms with E-state index in [1.807, 2.05) is 6.92 Å². The Morgan fingerprint density at radius 2 is 1.63 bits per heavy atom. The summed E-state index contributed by atoms with van der Waals surface area (Å²) in [6, 6.07) is 0.0203. The zero-order valence-corrected chi connectivity index (χ0v) is 12.4. The van der Waals surface area contributed by atoms with Crippen LogP contribution < -0.4 is 5.32 Å². The van der Waals surface area contributed by atoms with Crippen molar-refractivity contribution in [1.29, 1.82) is 0 Å². The van der Waals surface area contributed by atoms with Gasteiger partial charge in [0.05, 0.1) is 5.92 Å². The Kier molecular flexibility index (Phi) is 6.64. The van der Waals surface area contributed by atoms with Crippen LogP contribution >= 0.6 is 0 Å². The van der Waals surface area contributed by atoms with Gasteiger partial charge < -0.3 is 5.32 Å². The molecule has 0 aliphatic heterocycles. The Morgan fingerprint density at radius 1 is 1.05 bits per heavy atom. The fourth-order valence-electron chi connectivity index (χ4n) is 3.70. The van der Waals surface area contributed by atoms with Crippen molar-refractivity contribution in [2.24, 2.45) is 17.8 Å². The van der Waals surface area contributed by atoms with Crippen molar-refractivity contribution in [1.82, 2.24) is 5.32 Å². The van der Waals surface area contributed by atoms with Gasteiger partial charge in [-0.2, -0.15) is 13.2 Å². The first-order valence-electron chi connectivity index (χ1n) is 7.75. The largest absolute Gasteiger partial charge is 0.392 e. The van der Waals surface area contributed by atoms with Crippen LogP contribution in [-0.4, -0.2) is 18.8 Å². The Morgan fingerprint density at radius 3 is 2.11 bits per heavy atom. The smallest absolute Gasteiger partial charge is 0.314 e. The molecule has 0 bridgehead atoms. The number of hydrogen-bond acceptors (Lipinski definition) is 1. The topological polar surface area (TPSA) is 12.0 Å². The van der Waals surface area contributed by atoms with Gasteiger partial charge in [-0.15, -0.1) is 0 Å². The van der Waals surface area contributed by atoms with Crippen molar-refractivity contribution in [3.05, 3.63) is 0 Å². The standard InChI is InChI=1S/C15H28F3N/c1-4-11(5-2)14(19-6-3)12-9-7-8-10-13(12)15(16,17)18/h11-14,19H,4-10H2,1-3H3. The van der Waals surface area contributed by atoms with Crippen LogP contribution in [0.25, 0.3) is 0 Å². The molecule has 0 aromatic rings. The highest BCUT2D eigenvalue weighted by molar-refractivity contribution is 4.91. The third-order valence-corrected chi connectivity index (χ3v) is 4.70. The molecule has 0 aromatic carbocycles. The number of alkyl halides is 3. The highest BCUT2D eigenvalue weighted by Crippen LogP contribution is 2.44. The van der Waals surface area contributed by atoms with E-state index in [1.165, 1.54) is 0 Å². The van der Waals surface area contributed by atoms with Crippen LogP contribution in [0.3, 0.4) is 0 Å². The van der Waals surface area contributed by atoms with Crippen LogP contribution in [0.15, 0.2) is 0 Å². The van der Waals surface area contributed by atoms with Gasteiger partial charge in [0.15, 0.2) is 0 Å². The van der Waals surface area contributed by atoms with Gasteiger partial charge in [-0.25, -0.2) is 0 Å². The van der Waals surface area contributed by atoms with Crippen LogP contribution in [0.1, 0.15) is 59.3 Å². The normalized spacial score (nSPS) is 26.7. The second kappa shape index (κ2) is 7.51. The SMILES string of the molecule is CCNC(C(CC)CC)C1CCCCC1C(F)(F)F. The zero-order chi connectivity index (χ0) is 14.5. The van der Waals surface area contributed by atoms with Gasteiger partial charge in [0.2, 0.25) is 0 Å². The lowest BCUT2D eigenvalue weighted by atomic mass is 9.70. The van der Waals surface area contributed by atoms with E-state index in [1.54, 1.807) is 0 Å². The van der Waals surface area contributed by atoms with Crippen molar-refractivity contribution >= 4 is 0 Å². The second-order valence-electron chi connectivity index (χ2n) is 5.76. The molecule has 19 heavy (non-hydrogen) atoms. The first-order valence-corrected chi connectivity index (χ1v) is 7.75. The number of hydrogen-bond donors (Lipinski definition) is 1. The summed E-state index contributed by atoms with van der Waals surface area (Å²) >= 11 is 0. The molecule has 0 saturated heterocycles. The predicted molar refractivity (Wildman–Crippen MR) is 73.0 cm³/mol. The highest BCUT2D eigenvalue weighted by atomic mass is 19.4. The summed E-state index contributed by atoms with van der Waals surface area (Å²) in [6.45, 7) is 6.91. The first kappa shape index (κ1) is 16.8. The second-order valence-corrected chi connectivity index (χ2v) is 5.76. The summed E-state index contributed by atoms with van der Waals surface area (Å²) in [5.74, 6) is -0.989. The lowest BCUT2D eigenvalue weighted by Gasteiger charge is -2.41. The van der Waals surface area contributed by atoms with Crippen molar-refractivity contribution < 1.29 is 13.2 Å². The van der Waals surface area contributed by atoms with Gasteiger partial charge in [0.25, 0.3) is 0 Å². The maximum atomic E-state index is 13.2. The van der Waals surface area contributed by atoms with Crippen LogP contribution in [0.2, 0.25) is 0 Å². The molecule has 0 spiro atoms. The van der Waals surface area contributed by atoms with E-state index in [4.69, 9.17) is 0 Å². The molecule has 1 saturated carbocycles. The minimum absolute atomic E-state index is 0.0203. The van der Waals surface area contributed by atoms with Gasteiger partial charge in [-0.3, -0.25) is 0 Å². The molecule has 1 fully saturated rings. The van der Waals surface area contributed by atoms with Gasteiger partial charge in [0.1, 0.15) is 0 Å². The van der Waals surface area contributed by atoms with Gasteiger partial charge in [0, 0.05) is 6.04 Å². The summed E-state index contributed by atoms with van der Waals surface area (Å²) in [7, 11) is 0. The maximum Gasteiger partial charge on any atom is 0.392 e. The number of rotatable bonds is 6. The van der Waals surface area contributed by atoms with E-state index < -0.39 is 12.1 Å². The molecule has 4 heteroatoms. The summed E-state index contributed by atoms with van der Waals surface area (Å²) in [5.41, 5.74) is 0. The van der Waals surface area contributed by atoms with E-state index in [0.29, 0.717) is 12.3 Å². The van der Waals surface area contributed by atoms with Crippen molar-refractivity contribution in [2.75, 3.05) is 6.54 Å². The van der Waals surface area contributed by atoms with Gasteiger partial charge in [-0.05, 0) is 31.2 Å². The Labute approximate surface area is 115 Å². The fourth-order valence-corrected chi connectivity index (χ4v) is 3.70. The molecule has 0 radical (unpaired) electrons. The number of halogens is 3. The Balaban J connectivity index is 2.90. The summed E-state index contributed by atoms with van der Waals surface area (Å²) in [5, 5.41) is 3.36. The Bertz CT molecular complexity index is 248. The van der Waals surface area contributed by atoms with Crippen LogP contribution in [-0.2, 0) is 0 Å². The zero-order valence-electron chi connectivity index (χ0n) is 12.4. The summed E-state index contributed by atoms with van der Waals surface area (Å²) < 4.78 is 39.7. The Hall–Kier alpha value is -0.250. The van der Waals surface area contributed by atoms with Crippen molar-refractivity contribution in [3.63, 3.8) is 0 Å². The molecule has 1 aliphatic rings. The van der Waals surface area contributed by atoms with E-state index in [2.05, 4.69) is 19.2 Å². The molecular formula is C15H28F3N. The van der Waals surface area contributed by atoms with Crippen LogP contribution in [0.4, 0.5) is 13.2 Å². The molecule has 114 valence electrons. The first-order chi connectivity index (χ1) is 8.95. The maximum absolute atomic E-state index is 13.2. The molecule has 0 heterocycles. The van der Waals surface area contributed by atoms with E-state index >= 15 is 0 Å². The van der Waals surface area contributed by atoms with Crippen molar-refractivity contribution in [2.45, 2.75) is 71.5 Å². The summed E-state index contributed by atoms with van der Waals surface area (Å²) in [6.07, 6.45) is 0.575. The van der Waals surface area contributed by atoms with Crippen LogP contribution in [0, 0.1) is 17.8 Å². The minimum atomic E-state index is -4.04. The molecule has 1 rings (SSSR count).